The molecule has 0 unspecified atom stereocenters. The molecule has 0 radical (unpaired) electrons. The minimum absolute atomic E-state index is 0.299. The number of aromatic nitrogens is 2. The summed E-state index contributed by atoms with van der Waals surface area (Å²) in [5.41, 5.74) is 0.941. The Morgan fingerprint density at radius 3 is 2.62 bits per heavy atom. The number of aliphatic imine (C=N–C) groups is 1. The van der Waals surface area contributed by atoms with Crippen LogP contribution in [0, 0.1) is 13.8 Å². The third-order valence-electron chi connectivity index (χ3n) is 1.49. The molecule has 1 aromatic heterocycles. The average molecular weight is 179 g/mol. The molecule has 0 aliphatic carbocycles. The van der Waals surface area contributed by atoms with Crippen LogP contribution in [-0.2, 0) is 4.79 Å². The molecule has 1 rings (SSSR count). The Balaban J connectivity index is 3.37. The van der Waals surface area contributed by atoms with Gasteiger partial charge in [0.25, 0.3) is 0 Å². The molecule has 0 amide bonds. The van der Waals surface area contributed by atoms with Gasteiger partial charge in [-0.2, -0.15) is 9.98 Å². The zero-order valence-corrected chi connectivity index (χ0v) is 7.66. The first-order chi connectivity index (χ1) is 6.19. The van der Waals surface area contributed by atoms with E-state index in [1.807, 2.05) is 0 Å². The van der Waals surface area contributed by atoms with Crippen molar-refractivity contribution < 1.29 is 9.53 Å². The molecule has 0 fully saturated rings. The summed E-state index contributed by atoms with van der Waals surface area (Å²) < 4.78 is 4.94. The second-order valence-electron chi connectivity index (χ2n) is 2.42. The summed E-state index contributed by atoms with van der Waals surface area (Å²) >= 11 is 0. The molecule has 0 N–H and O–H groups in total. The van der Waals surface area contributed by atoms with Crippen molar-refractivity contribution in [2.75, 3.05) is 7.11 Å². The lowest BCUT2D eigenvalue weighted by molar-refractivity contribution is 0.396. The lowest BCUT2D eigenvalue weighted by Crippen LogP contribution is -1.96. The van der Waals surface area contributed by atoms with Gasteiger partial charge in [0, 0.05) is 0 Å². The van der Waals surface area contributed by atoms with Gasteiger partial charge in [-0.25, -0.2) is 9.78 Å². The third-order valence-corrected chi connectivity index (χ3v) is 1.49. The fraction of sp³-hybridized carbons (Fsp3) is 0.375. The Morgan fingerprint density at radius 1 is 1.38 bits per heavy atom. The van der Waals surface area contributed by atoms with Crippen LogP contribution in [0.3, 0.4) is 0 Å². The first-order valence-corrected chi connectivity index (χ1v) is 3.66. The summed E-state index contributed by atoms with van der Waals surface area (Å²) in [5, 5.41) is 0. The van der Waals surface area contributed by atoms with Crippen molar-refractivity contribution in [3.05, 3.63) is 11.5 Å². The molecule has 0 aliphatic heterocycles. The van der Waals surface area contributed by atoms with Gasteiger partial charge in [0.05, 0.1) is 12.8 Å². The number of hydrogen-bond acceptors (Lipinski definition) is 5. The van der Waals surface area contributed by atoms with E-state index in [1.54, 1.807) is 13.8 Å². The first kappa shape index (κ1) is 9.35. The highest BCUT2D eigenvalue weighted by Crippen LogP contribution is 2.26. The van der Waals surface area contributed by atoms with Gasteiger partial charge in [0.1, 0.15) is 5.82 Å². The Kier molecular flexibility index (Phi) is 2.72. The number of isocyanates is 1. The highest BCUT2D eigenvalue weighted by Gasteiger charge is 2.09. The van der Waals surface area contributed by atoms with Crippen molar-refractivity contribution in [1.29, 1.82) is 0 Å². The van der Waals surface area contributed by atoms with Crippen molar-refractivity contribution in [2.45, 2.75) is 13.8 Å². The summed E-state index contributed by atoms with van der Waals surface area (Å²) in [6.45, 7) is 3.47. The van der Waals surface area contributed by atoms with E-state index in [1.165, 1.54) is 13.2 Å². The molecular weight excluding hydrogens is 170 g/mol. The summed E-state index contributed by atoms with van der Waals surface area (Å²) in [4.78, 5) is 21.5. The minimum Gasteiger partial charge on any atom is -0.479 e. The smallest absolute Gasteiger partial charge is 0.244 e. The summed E-state index contributed by atoms with van der Waals surface area (Å²) in [6.07, 6.45) is 1.43. The van der Waals surface area contributed by atoms with Crippen LogP contribution in [0.15, 0.2) is 4.99 Å². The second kappa shape index (κ2) is 3.78. The van der Waals surface area contributed by atoms with E-state index >= 15 is 0 Å². The van der Waals surface area contributed by atoms with Crippen LogP contribution >= 0.6 is 0 Å². The third kappa shape index (κ3) is 1.89. The molecule has 0 aromatic carbocycles. The van der Waals surface area contributed by atoms with Crippen LogP contribution in [0.4, 0.5) is 5.69 Å². The predicted octanol–water partition coefficient (Wildman–Crippen LogP) is 1.07. The summed E-state index contributed by atoms with van der Waals surface area (Å²) in [7, 11) is 1.46. The maximum Gasteiger partial charge on any atom is 0.244 e. The minimum atomic E-state index is 0.299. The topological polar surface area (TPSA) is 64.4 Å². The van der Waals surface area contributed by atoms with Crippen LogP contribution in [0.2, 0.25) is 0 Å². The van der Waals surface area contributed by atoms with Crippen LogP contribution < -0.4 is 4.74 Å². The molecule has 1 heterocycles. The molecule has 0 saturated carbocycles. The Morgan fingerprint density at radius 2 is 2.08 bits per heavy atom. The number of nitrogens with zero attached hydrogens (tertiary/aromatic N) is 3. The van der Waals surface area contributed by atoms with Gasteiger partial charge in [0.15, 0.2) is 5.69 Å². The Bertz CT molecular complexity index is 370. The van der Waals surface area contributed by atoms with Crippen molar-refractivity contribution in [2.24, 2.45) is 4.99 Å². The number of aryl methyl sites for hydroxylation is 2. The van der Waals surface area contributed by atoms with Crippen molar-refractivity contribution in [3.63, 3.8) is 0 Å². The average Bonchev–Trinajstić information content (AvgIpc) is 2.09. The summed E-state index contributed by atoms with van der Waals surface area (Å²) in [6, 6.07) is 0. The van der Waals surface area contributed by atoms with E-state index in [4.69, 9.17) is 4.74 Å². The molecule has 5 heteroatoms. The number of rotatable bonds is 2. The van der Waals surface area contributed by atoms with Gasteiger partial charge >= 0.3 is 0 Å². The second-order valence-corrected chi connectivity index (χ2v) is 2.42. The molecule has 13 heavy (non-hydrogen) atoms. The van der Waals surface area contributed by atoms with E-state index in [0.717, 1.165) is 0 Å². The van der Waals surface area contributed by atoms with Gasteiger partial charge in [0.2, 0.25) is 12.0 Å². The monoisotopic (exact) mass is 179 g/mol. The van der Waals surface area contributed by atoms with E-state index in [2.05, 4.69) is 15.0 Å². The highest BCUT2D eigenvalue weighted by molar-refractivity contribution is 5.57. The molecule has 0 atom stereocenters. The Labute approximate surface area is 75.5 Å². The maximum atomic E-state index is 10.1. The van der Waals surface area contributed by atoms with Crippen LogP contribution in [-0.4, -0.2) is 23.2 Å². The number of methoxy groups -OCH3 is 1. The van der Waals surface area contributed by atoms with E-state index in [-0.39, 0.29) is 0 Å². The molecule has 0 bridgehead atoms. The molecule has 68 valence electrons. The van der Waals surface area contributed by atoms with Crippen LogP contribution in [0.5, 0.6) is 5.88 Å². The van der Waals surface area contributed by atoms with Gasteiger partial charge in [-0.15, -0.1) is 0 Å². The fourth-order valence-corrected chi connectivity index (χ4v) is 0.992. The van der Waals surface area contributed by atoms with Gasteiger partial charge in [-0.3, -0.25) is 0 Å². The molecule has 0 aliphatic rings. The lowest BCUT2D eigenvalue weighted by Gasteiger charge is -2.04. The van der Waals surface area contributed by atoms with Crippen LogP contribution in [0.25, 0.3) is 0 Å². The van der Waals surface area contributed by atoms with Crippen molar-refractivity contribution >= 4 is 11.8 Å². The number of hydrogen-bond donors (Lipinski definition) is 0. The molecular formula is C8H9N3O2. The van der Waals surface area contributed by atoms with Gasteiger partial charge < -0.3 is 4.74 Å². The first-order valence-electron chi connectivity index (χ1n) is 3.66. The van der Waals surface area contributed by atoms with E-state index < -0.39 is 0 Å². The normalized spacial score (nSPS) is 9.15. The largest absolute Gasteiger partial charge is 0.479 e. The molecule has 1 aromatic rings. The summed E-state index contributed by atoms with van der Waals surface area (Å²) in [5.74, 6) is 0.882. The SMILES string of the molecule is COc1nc(C)nc(C)c1N=C=O. The maximum absolute atomic E-state index is 10.1. The van der Waals surface area contributed by atoms with E-state index in [9.17, 15) is 4.79 Å². The lowest BCUT2D eigenvalue weighted by atomic mass is 10.3. The number of carbonyl (C=O) groups excluding carboxylic acids is 1. The zero-order chi connectivity index (χ0) is 9.84. The van der Waals surface area contributed by atoms with Crippen LogP contribution in [0.1, 0.15) is 11.5 Å². The van der Waals surface area contributed by atoms with E-state index in [0.29, 0.717) is 23.1 Å². The molecule has 0 spiro atoms. The standard InChI is InChI=1S/C8H9N3O2/c1-5-7(9-4-12)8(13-3)11-6(2)10-5/h1-3H3. The molecule has 5 nitrogen and oxygen atoms in total. The highest BCUT2D eigenvalue weighted by atomic mass is 16.5. The van der Waals surface area contributed by atoms with Gasteiger partial charge in [-0.1, -0.05) is 0 Å². The Hall–Kier alpha value is -1.74. The predicted molar refractivity (Wildman–Crippen MR) is 45.8 cm³/mol. The quantitative estimate of drug-likeness (QED) is 0.503. The number of ether oxygens (including phenoxy) is 1. The molecule has 0 saturated heterocycles. The zero-order valence-electron chi connectivity index (χ0n) is 7.66. The van der Waals surface area contributed by atoms with Gasteiger partial charge in [-0.05, 0) is 13.8 Å². The van der Waals surface area contributed by atoms with Crippen molar-refractivity contribution in [3.8, 4) is 5.88 Å². The van der Waals surface area contributed by atoms with Crippen molar-refractivity contribution in [1.82, 2.24) is 9.97 Å². The fourth-order valence-electron chi connectivity index (χ4n) is 0.992.